The molecule has 32 heavy (non-hydrogen) atoms. The maximum Gasteiger partial charge on any atom is 0.224 e. The fourth-order valence-corrected chi connectivity index (χ4v) is 4.26. The first-order valence-corrected chi connectivity index (χ1v) is 11.9. The van der Waals surface area contributed by atoms with Gasteiger partial charge in [0.15, 0.2) is 0 Å². The zero-order valence-electron chi connectivity index (χ0n) is 19.6. The van der Waals surface area contributed by atoms with Crippen molar-refractivity contribution in [3.63, 3.8) is 0 Å². The Morgan fingerprint density at radius 3 is 2.34 bits per heavy atom. The number of amides is 2. The van der Waals surface area contributed by atoms with Crippen molar-refractivity contribution < 1.29 is 9.59 Å². The van der Waals surface area contributed by atoms with Crippen molar-refractivity contribution in [2.45, 2.75) is 53.0 Å². The van der Waals surface area contributed by atoms with Gasteiger partial charge < -0.3 is 20.1 Å². The van der Waals surface area contributed by atoms with Crippen LogP contribution in [0.15, 0.2) is 42.5 Å². The summed E-state index contributed by atoms with van der Waals surface area (Å²) in [5.41, 5.74) is 3.17. The molecule has 172 valence electrons. The molecule has 0 unspecified atom stereocenters. The molecule has 2 amide bonds. The maximum absolute atomic E-state index is 12.4. The number of carbonyl (C=O) groups is 2. The van der Waals surface area contributed by atoms with Crippen LogP contribution in [0, 0.1) is 0 Å². The minimum Gasteiger partial charge on any atom is -0.356 e. The molecule has 0 aliphatic heterocycles. The summed E-state index contributed by atoms with van der Waals surface area (Å²) < 4.78 is 2.29. The Labute approximate surface area is 191 Å². The van der Waals surface area contributed by atoms with Crippen LogP contribution >= 0.6 is 0 Å². The number of aromatic nitrogens is 1. The zero-order valence-corrected chi connectivity index (χ0v) is 19.6. The lowest BCUT2D eigenvalue weighted by atomic mass is 10.1. The molecule has 6 nitrogen and oxygen atoms in total. The van der Waals surface area contributed by atoms with E-state index in [1.807, 2.05) is 18.2 Å². The Bertz CT molecular complexity index is 1050. The van der Waals surface area contributed by atoms with Gasteiger partial charge in [-0.05, 0) is 63.7 Å². The third kappa shape index (κ3) is 5.88. The summed E-state index contributed by atoms with van der Waals surface area (Å²) in [6.07, 6.45) is 2.21. The molecule has 3 rings (SSSR count). The number of aryl methyl sites for hydroxylation is 1. The van der Waals surface area contributed by atoms with Crippen LogP contribution in [0.4, 0.5) is 5.69 Å². The second-order valence-corrected chi connectivity index (χ2v) is 8.13. The molecule has 3 aromatic rings. The summed E-state index contributed by atoms with van der Waals surface area (Å²) in [6, 6.07) is 14.4. The summed E-state index contributed by atoms with van der Waals surface area (Å²) >= 11 is 0. The highest BCUT2D eigenvalue weighted by Crippen LogP contribution is 2.31. The van der Waals surface area contributed by atoms with Gasteiger partial charge in [-0.2, -0.15) is 0 Å². The summed E-state index contributed by atoms with van der Waals surface area (Å²) in [6.45, 7) is 11.1. The van der Waals surface area contributed by atoms with Crippen molar-refractivity contribution >= 4 is 39.3 Å². The number of para-hydroxylation sites is 1. The first-order chi connectivity index (χ1) is 15.6. The normalized spacial score (nSPS) is 11.4. The first kappa shape index (κ1) is 23.8. The van der Waals surface area contributed by atoms with Crippen molar-refractivity contribution in [2.75, 3.05) is 31.5 Å². The molecule has 0 radical (unpaired) electrons. The van der Waals surface area contributed by atoms with Gasteiger partial charge in [0, 0.05) is 53.4 Å². The quantitative estimate of drug-likeness (QED) is 0.402. The summed E-state index contributed by atoms with van der Waals surface area (Å²) in [5, 5.41) is 8.28. The van der Waals surface area contributed by atoms with Crippen LogP contribution in [0.25, 0.3) is 21.8 Å². The molecule has 0 saturated heterocycles. The van der Waals surface area contributed by atoms with Gasteiger partial charge in [0.2, 0.25) is 11.8 Å². The second kappa shape index (κ2) is 11.7. The number of fused-ring (bicyclic) bond motifs is 3. The average Bonchev–Trinajstić information content (AvgIpc) is 3.12. The molecule has 0 fully saturated rings. The molecule has 0 spiro atoms. The fraction of sp³-hybridized carbons (Fsp3) is 0.462. The van der Waals surface area contributed by atoms with Crippen LogP contribution in [0.3, 0.4) is 0 Å². The first-order valence-electron chi connectivity index (χ1n) is 11.9. The predicted octanol–water partition coefficient (Wildman–Crippen LogP) is 4.77. The van der Waals surface area contributed by atoms with E-state index in [9.17, 15) is 9.59 Å². The Balaban J connectivity index is 1.47. The Morgan fingerprint density at radius 2 is 1.59 bits per heavy atom. The highest BCUT2D eigenvalue weighted by atomic mass is 16.2. The van der Waals surface area contributed by atoms with Gasteiger partial charge in [-0.15, -0.1) is 0 Å². The van der Waals surface area contributed by atoms with E-state index in [0.717, 1.165) is 43.7 Å². The van der Waals surface area contributed by atoms with Crippen molar-refractivity contribution in [3.8, 4) is 0 Å². The third-order valence-electron chi connectivity index (χ3n) is 6.05. The summed E-state index contributed by atoms with van der Waals surface area (Å²) in [5.74, 6) is -0.0379. The van der Waals surface area contributed by atoms with Crippen LogP contribution < -0.4 is 10.6 Å². The van der Waals surface area contributed by atoms with Crippen LogP contribution in [0.1, 0.15) is 46.5 Å². The van der Waals surface area contributed by atoms with Gasteiger partial charge in [-0.1, -0.05) is 32.0 Å². The monoisotopic (exact) mass is 436 g/mol. The molecule has 0 bridgehead atoms. The van der Waals surface area contributed by atoms with Gasteiger partial charge in [-0.25, -0.2) is 0 Å². The zero-order chi connectivity index (χ0) is 22.9. The van der Waals surface area contributed by atoms with Gasteiger partial charge >= 0.3 is 0 Å². The van der Waals surface area contributed by atoms with Crippen LogP contribution in [0.5, 0.6) is 0 Å². The van der Waals surface area contributed by atoms with Crippen molar-refractivity contribution in [2.24, 2.45) is 0 Å². The van der Waals surface area contributed by atoms with Gasteiger partial charge in [0.25, 0.3) is 0 Å². The molecule has 1 heterocycles. The number of nitrogens with one attached hydrogen (secondary N) is 2. The predicted molar refractivity (Wildman–Crippen MR) is 133 cm³/mol. The van der Waals surface area contributed by atoms with Crippen molar-refractivity contribution in [1.82, 2.24) is 14.8 Å². The molecule has 0 aliphatic rings. The standard InChI is InChI=1S/C26H36N4O2/c1-4-29(5-2)18-10-17-27-25(31)13-9-14-26(32)28-20-15-16-24-22(19-20)21-11-7-8-12-23(21)30(24)6-3/h7-8,11-12,15-16,19H,4-6,9-10,13-14,17-18H2,1-3H3,(H,27,31)(H,28,32). The SMILES string of the molecule is CCN(CC)CCCNC(=O)CCCC(=O)Nc1ccc2c(c1)c1ccccc1n2CC. The van der Waals surface area contributed by atoms with E-state index in [2.05, 4.69) is 65.1 Å². The highest BCUT2D eigenvalue weighted by Gasteiger charge is 2.11. The number of rotatable bonds is 12. The van der Waals surface area contributed by atoms with E-state index < -0.39 is 0 Å². The summed E-state index contributed by atoms with van der Waals surface area (Å²) in [4.78, 5) is 26.8. The molecular formula is C26H36N4O2. The Hall–Kier alpha value is -2.86. The Kier molecular flexibility index (Phi) is 8.68. The third-order valence-corrected chi connectivity index (χ3v) is 6.05. The van der Waals surface area contributed by atoms with Crippen LogP contribution in [-0.2, 0) is 16.1 Å². The number of benzene rings is 2. The fourth-order valence-electron chi connectivity index (χ4n) is 4.26. The average molecular weight is 437 g/mol. The van der Waals surface area contributed by atoms with E-state index in [4.69, 9.17) is 0 Å². The molecule has 0 aliphatic carbocycles. The molecule has 6 heteroatoms. The highest BCUT2D eigenvalue weighted by molar-refractivity contribution is 6.09. The lowest BCUT2D eigenvalue weighted by Crippen LogP contribution is -2.29. The lowest BCUT2D eigenvalue weighted by molar-refractivity contribution is -0.121. The molecule has 0 atom stereocenters. The van der Waals surface area contributed by atoms with Crippen LogP contribution in [0.2, 0.25) is 0 Å². The number of nitrogens with zero attached hydrogens (tertiary/aromatic N) is 2. The second-order valence-electron chi connectivity index (χ2n) is 8.13. The van der Waals surface area contributed by atoms with Crippen LogP contribution in [-0.4, -0.2) is 47.5 Å². The van der Waals surface area contributed by atoms with Gasteiger partial charge in [-0.3, -0.25) is 9.59 Å². The van der Waals surface area contributed by atoms with E-state index in [0.29, 0.717) is 25.8 Å². The van der Waals surface area contributed by atoms with E-state index in [1.165, 1.54) is 16.4 Å². The minimum absolute atomic E-state index is 0.0196. The van der Waals surface area contributed by atoms with Crippen molar-refractivity contribution in [1.29, 1.82) is 0 Å². The van der Waals surface area contributed by atoms with E-state index in [-0.39, 0.29) is 11.8 Å². The Morgan fingerprint density at radius 1 is 0.875 bits per heavy atom. The topological polar surface area (TPSA) is 66.4 Å². The summed E-state index contributed by atoms with van der Waals surface area (Å²) in [7, 11) is 0. The number of hydrogen-bond donors (Lipinski definition) is 2. The largest absolute Gasteiger partial charge is 0.356 e. The molecule has 0 saturated carbocycles. The number of carbonyl (C=O) groups excluding carboxylic acids is 2. The molecule has 2 N–H and O–H groups in total. The number of anilines is 1. The van der Waals surface area contributed by atoms with E-state index >= 15 is 0 Å². The molecule has 2 aromatic carbocycles. The smallest absolute Gasteiger partial charge is 0.224 e. The minimum atomic E-state index is -0.0575. The maximum atomic E-state index is 12.4. The van der Waals surface area contributed by atoms with Gasteiger partial charge in [0.05, 0.1) is 0 Å². The van der Waals surface area contributed by atoms with Gasteiger partial charge in [0.1, 0.15) is 0 Å². The number of hydrogen-bond acceptors (Lipinski definition) is 3. The molecular weight excluding hydrogens is 400 g/mol. The lowest BCUT2D eigenvalue weighted by Gasteiger charge is -2.17. The van der Waals surface area contributed by atoms with E-state index in [1.54, 1.807) is 0 Å². The van der Waals surface area contributed by atoms with Crippen molar-refractivity contribution in [3.05, 3.63) is 42.5 Å². The molecule has 1 aromatic heterocycles.